The second-order valence-electron chi connectivity index (χ2n) is 5.96. The largest absolute Gasteiger partial charge is 0.373 e. The Hall–Kier alpha value is -1.39. The molecule has 0 saturated carbocycles. The minimum atomic E-state index is 0.0558. The topological polar surface area (TPSA) is 41.6 Å². The van der Waals surface area contributed by atoms with Crippen LogP contribution in [-0.2, 0) is 16.0 Å². The van der Waals surface area contributed by atoms with E-state index >= 15 is 0 Å². The fourth-order valence-electron chi connectivity index (χ4n) is 3.00. The van der Waals surface area contributed by atoms with Crippen molar-refractivity contribution in [1.82, 2.24) is 4.90 Å². The number of carbonyl (C=O) groups is 1. The van der Waals surface area contributed by atoms with Crippen LogP contribution in [0.2, 0.25) is 0 Å². The molecule has 116 valence electrons. The number of carbonyl (C=O) groups excluding carboxylic acids is 1. The lowest BCUT2D eigenvalue weighted by molar-refractivity contribution is -0.121. The molecule has 0 radical (unpaired) electrons. The number of morpholine rings is 1. The number of nitrogens with zero attached hydrogens (tertiary/aromatic N) is 1. The number of ether oxygens (including phenoxy) is 1. The van der Waals surface area contributed by atoms with E-state index in [1.165, 1.54) is 5.56 Å². The number of hydrogen-bond acceptors (Lipinski definition) is 3. The van der Waals surface area contributed by atoms with Gasteiger partial charge in [0.2, 0.25) is 5.91 Å². The first-order valence-corrected chi connectivity index (χ1v) is 7.75. The SMILES string of the molecule is CCc1cccc(C)c1NC(=O)CN1C[C@@H](C)O[C@@H](C)C1. The average Bonchev–Trinajstić information content (AvgIpc) is 2.39. The number of aryl methyl sites for hydroxylation is 2. The highest BCUT2D eigenvalue weighted by Crippen LogP contribution is 2.21. The monoisotopic (exact) mass is 290 g/mol. The smallest absolute Gasteiger partial charge is 0.238 e. The summed E-state index contributed by atoms with van der Waals surface area (Å²) in [5, 5.41) is 3.09. The molecule has 1 aliphatic heterocycles. The highest BCUT2D eigenvalue weighted by Gasteiger charge is 2.23. The quantitative estimate of drug-likeness (QED) is 0.927. The summed E-state index contributed by atoms with van der Waals surface area (Å²) in [5.41, 5.74) is 3.28. The summed E-state index contributed by atoms with van der Waals surface area (Å²) in [4.78, 5) is 14.5. The Morgan fingerprint density at radius 2 is 2.00 bits per heavy atom. The summed E-state index contributed by atoms with van der Waals surface area (Å²) in [5.74, 6) is 0.0558. The second kappa shape index (κ2) is 7.05. The maximum Gasteiger partial charge on any atom is 0.238 e. The van der Waals surface area contributed by atoms with Crippen LogP contribution in [0.15, 0.2) is 18.2 Å². The van der Waals surface area contributed by atoms with Crippen LogP contribution in [0.4, 0.5) is 5.69 Å². The van der Waals surface area contributed by atoms with Gasteiger partial charge in [0, 0.05) is 18.8 Å². The van der Waals surface area contributed by atoms with Crippen molar-refractivity contribution >= 4 is 11.6 Å². The van der Waals surface area contributed by atoms with Crippen LogP contribution < -0.4 is 5.32 Å². The fraction of sp³-hybridized carbons (Fsp3) is 0.588. The molecule has 0 unspecified atom stereocenters. The van der Waals surface area contributed by atoms with E-state index in [4.69, 9.17) is 4.74 Å². The summed E-state index contributed by atoms with van der Waals surface area (Å²) in [6.07, 6.45) is 1.29. The summed E-state index contributed by atoms with van der Waals surface area (Å²) in [6.45, 7) is 10.3. The van der Waals surface area contributed by atoms with Gasteiger partial charge in [0.15, 0.2) is 0 Å². The maximum atomic E-state index is 12.3. The molecule has 1 N–H and O–H groups in total. The van der Waals surface area contributed by atoms with Gasteiger partial charge in [-0.1, -0.05) is 25.1 Å². The highest BCUT2D eigenvalue weighted by molar-refractivity contribution is 5.93. The Morgan fingerprint density at radius 1 is 1.33 bits per heavy atom. The molecule has 1 fully saturated rings. The van der Waals surface area contributed by atoms with Gasteiger partial charge in [0.05, 0.1) is 18.8 Å². The third-order valence-corrected chi connectivity index (χ3v) is 3.87. The van der Waals surface area contributed by atoms with Gasteiger partial charge in [-0.2, -0.15) is 0 Å². The molecule has 2 rings (SSSR count). The van der Waals surface area contributed by atoms with E-state index in [1.54, 1.807) is 0 Å². The fourth-order valence-corrected chi connectivity index (χ4v) is 3.00. The molecule has 21 heavy (non-hydrogen) atoms. The Labute approximate surface area is 127 Å². The molecule has 0 aromatic heterocycles. The molecule has 1 heterocycles. The van der Waals surface area contributed by atoms with Gasteiger partial charge in [-0.25, -0.2) is 0 Å². The van der Waals surface area contributed by atoms with Crippen LogP contribution in [0.1, 0.15) is 31.9 Å². The molecule has 1 amide bonds. The van der Waals surface area contributed by atoms with Gasteiger partial charge in [0.1, 0.15) is 0 Å². The van der Waals surface area contributed by atoms with E-state index in [2.05, 4.69) is 37.1 Å². The summed E-state index contributed by atoms with van der Waals surface area (Å²) >= 11 is 0. The Balaban J connectivity index is 1.99. The van der Waals surface area contributed by atoms with Gasteiger partial charge >= 0.3 is 0 Å². The first kappa shape index (κ1) is 16.0. The van der Waals surface area contributed by atoms with E-state index in [0.717, 1.165) is 30.8 Å². The summed E-state index contributed by atoms with van der Waals surface area (Å²) in [6, 6.07) is 6.14. The standard InChI is InChI=1S/C17H26N2O2/c1-5-15-8-6-7-12(2)17(15)18-16(20)11-19-9-13(3)21-14(4)10-19/h6-8,13-14H,5,9-11H2,1-4H3,(H,18,20)/t13-,14+. The molecule has 4 heteroatoms. The van der Waals surface area contributed by atoms with Crippen molar-refractivity contribution in [1.29, 1.82) is 0 Å². The van der Waals surface area contributed by atoms with Crippen LogP contribution in [-0.4, -0.2) is 42.6 Å². The molecule has 1 aromatic carbocycles. The van der Waals surface area contributed by atoms with Gasteiger partial charge in [-0.15, -0.1) is 0 Å². The van der Waals surface area contributed by atoms with E-state index in [-0.39, 0.29) is 18.1 Å². The number of hydrogen-bond donors (Lipinski definition) is 1. The van der Waals surface area contributed by atoms with Crippen LogP contribution in [0.25, 0.3) is 0 Å². The number of benzene rings is 1. The van der Waals surface area contributed by atoms with Crippen molar-refractivity contribution in [3.8, 4) is 0 Å². The first-order chi connectivity index (χ1) is 9.99. The highest BCUT2D eigenvalue weighted by atomic mass is 16.5. The minimum Gasteiger partial charge on any atom is -0.373 e. The van der Waals surface area contributed by atoms with Gasteiger partial charge < -0.3 is 10.1 Å². The predicted octanol–water partition coefficient (Wildman–Crippen LogP) is 2.61. The van der Waals surface area contributed by atoms with E-state index in [1.807, 2.05) is 19.1 Å². The van der Waals surface area contributed by atoms with Crippen molar-refractivity contribution in [3.63, 3.8) is 0 Å². The van der Waals surface area contributed by atoms with Crippen LogP contribution >= 0.6 is 0 Å². The van der Waals surface area contributed by atoms with Gasteiger partial charge in [-0.3, -0.25) is 9.69 Å². The third-order valence-electron chi connectivity index (χ3n) is 3.87. The lowest BCUT2D eigenvalue weighted by atomic mass is 10.1. The molecule has 1 saturated heterocycles. The first-order valence-electron chi connectivity index (χ1n) is 7.75. The third kappa shape index (κ3) is 4.29. The zero-order chi connectivity index (χ0) is 15.4. The van der Waals surface area contributed by atoms with Crippen molar-refractivity contribution in [3.05, 3.63) is 29.3 Å². The maximum absolute atomic E-state index is 12.3. The van der Waals surface area contributed by atoms with Crippen LogP contribution in [0.3, 0.4) is 0 Å². The number of nitrogens with one attached hydrogen (secondary N) is 1. The molecule has 0 bridgehead atoms. The van der Waals surface area contributed by atoms with Crippen molar-refractivity contribution in [2.24, 2.45) is 0 Å². The van der Waals surface area contributed by atoms with Crippen molar-refractivity contribution < 1.29 is 9.53 Å². The molecule has 4 nitrogen and oxygen atoms in total. The Morgan fingerprint density at radius 3 is 2.62 bits per heavy atom. The lowest BCUT2D eigenvalue weighted by Crippen LogP contribution is -2.48. The number of anilines is 1. The zero-order valence-electron chi connectivity index (χ0n) is 13.5. The predicted molar refractivity (Wildman–Crippen MR) is 85.6 cm³/mol. The van der Waals surface area contributed by atoms with Crippen LogP contribution in [0, 0.1) is 6.92 Å². The number of para-hydroxylation sites is 1. The van der Waals surface area contributed by atoms with E-state index in [9.17, 15) is 4.79 Å². The van der Waals surface area contributed by atoms with Gasteiger partial charge in [0.25, 0.3) is 0 Å². The Bertz CT molecular complexity index is 492. The summed E-state index contributed by atoms with van der Waals surface area (Å²) < 4.78 is 5.70. The lowest BCUT2D eigenvalue weighted by Gasteiger charge is -2.34. The Kier molecular flexibility index (Phi) is 5.37. The molecular formula is C17H26N2O2. The molecular weight excluding hydrogens is 264 g/mol. The van der Waals surface area contributed by atoms with E-state index < -0.39 is 0 Å². The molecule has 1 aliphatic rings. The zero-order valence-corrected chi connectivity index (χ0v) is 13.5. The minimum absolute atomic E-state index is 0.0558. The van der Waals surface area contributed by atoms with Crippen molar-refractivity contribution in [2.45, 2.75) is 46.3 Å². The normalized spacial score (nSPS) is 23.0. The molecule has 2 atom stereocenters. The summed E-state index contributed by atoms with van der Waals surface area (Å²) in [7, 11) is 0. The van der Waals surface area contributed by atoms with Gasteiger partial charge in [-0.05, 0) is 38.3 Å². The second-order valence-corrected chi connectivity index (χ2v) is 5.96. The molecule has 0 aliphatic carbocycles. The number of rotatable bonds is 4. The number of amides is 1. The average molecular weight is 290 g/mol. The van der Waals surface area contributed by atoms with Crippen LogP contribution in [0.5, 0.6) is 0 Å². The molecule has 1 aromatic rings. The van der Waals surface area contributed by atoms with E-state index in [0.29, 0.717) is 6.54 Å². The molecule has 0 spiro atoms. The van der Waals surface area contributed by atoms with Crippen molar-refractivity contribution in [2.75, 3.05) is 25.0 Å².